The first-order valence-corrected chi connectivity index (χ1v) is 6.67. The number of nitrogens with zero attached hydrogens (tertiary/aromatic N) is 1. The number of hydrogen-bond acceptors (Lipinski definition) is 2. The van der Waals surface area contributed by atoms with Gasteiger partial charge in [-0.15, -0.1) is 0 Å². The average molecular weight is 253 g/mol. The molecule has 1 aliphatic heterocycles. The van der Waals surface area contributed by atoms with Gasteiger partial charge < -0.3 is 4.74 Å². The van der Waals surface area contributed by atoms with Crippen LogP contribution >= 0.6 is 0 Å². The molecular formula is C17H19NO. The maximum Gasteiger partial charge on any atom is 0.137 e. The third-order valence-corrected chi connectivity index (χ3v) is 3.84. The predicted molar refractivity (Wildman–Crippen MR) is 79.3 cm³/mol. The average Bonchev–Trinajstić information content (AvgIpc) is 2.34. The van der Waals surface area contributed by atoms with Crippen LogP contribution in [0.1, 0.15) is 45.9 Å². The smallest absolute Gasteiger partial charge is 0.137 e. The van der Waals surface area contributed by atoms with Gasteiger partial charge in [0.15, 0.2) is 0 Å². The zero-order valence-corrected chi connectivity index (χ0v) is 12.2. The Labute approximate surface area is 114 Å². The molecule has 0 bridgehead atoms. The van der Waals surface area contributed by atoms with E-state index in [0.29, 0.717) is 0 Å². The van der Waals surface area contributed by atoms with Gasteiger partial charge in [0.2, 0.25) is 0 Å². The first kappa shape index (κ1) is 12.2. The number of pyridine rings is 1. The molecule has 0 fully saturated rings. The van der Waals surface area contributed by atoms with E-state index in [1.807, 2.05) is 13.1 Å². The van der Waals surface area contributed by atoms with Crippen molar-refractivity contribution in [3.8, 4) is 5.75 Å². The molecular weight excluding hydrogens is 234 g/mol. The number of hydrogen-bond donors (Lipinski definition) is 0. The van der Waals surface area contributed by atoms with E-state index in [9.17, 15) is 0 Å². The second-order valence-corrected chi connectivity index (χ2v) is 6.27. The van der Waals surface area contributed by atoms with Gasteiger partial charge in [-0.25, -0.2) is 0 Å². The lowest BCUT2D eigenvalue weighted by molar-refractivity contribution is 0.429. The summed E-state index contributed by atoms with van der Waals surface area (Å²) in [6, 6.07) is 6.47. The maximum atomic E-state index is 5.99. The van der Waals surface area contributed by atoms with E-state index in [0.717, 1.165) is 28.2 Å². The lowest BCUT2D eigenvalue weighted by Gasteiger charge is -2.25. The zero-order chi connectivity index (χ0) is 13.8. The molecule has 3 rings (SSSR count). The van der Waals surface area contributed by atoms with Gasteiger partial charge in [-0.2, -0.15) is 0 Å². The van der Waals surface area contributed by atoms with Crippen LogP contribution in [0, 0.1) is 0 Å². The Bertz CT molecular complexity index is 705. The van der Waals surface area contributed by atoms with Gasteiger partial charge in [-0.05, 0) is 42.3 Å². The molecule has 2 heteroatoms. The molecule has 0 unspecified atom stereocenters. The SMILES string of the molecule is CC1=C(C)c2nccc3cc(C(C)(C)C)cc(c23)O1. The molecule has 2 aromatic rings. The van der Waals surface area contributed by atoms with Crippen LogP contribution in [0.3, 0.4) is 0 Å². The van der Waals surface area contributed by atoms with Crippen molar-refractivity contribution in [1.82, 2.24) is 4.98 Å². The summed E-state index contributed by atoms with van der Waals surface area (Å²) in [6.45, 7) is 10.7. The number of aromatic nitrogens is 1. The van der Waals surface area contributed by atoms with Crippen molar-refractivity contribution < 1.29 is 4.74 Å². The van der Waals surface area contributed by atoms with Crippen molar-refractivity contribution in [1.29, 1.82) is 0 Å². The molecule has 2 heterocycles. The first-order valence-electron chi connectivity index (χ1n) is 6.67. The number of allylic oxidation sites excluding steroid dienone is 2. The van der Waals surface area contributed by atoms with Gasteiger partial charge in [-0.3, -0.25) is 4.98 Å². The van der Waals surface area contributed by atoms with Crippen molar-refractivity contribution in [2.75, 3.05) is 0 Å². The van der Waals surface area contributed by atoms with E-state index in [2.05, 4.69) is 50.9 Å². The summed E-state index contributed by atoms with van der Waals surface area (Å²) < 4.78 is 5.99. The Balaban J connectivity index is 2.38. The van der Waals surface area contributed by atoms with Crippen LogP contribution in [-0.4, -0.2) is 4.98 Å². The minimum Gasteiger partial charge on any atom is -0.461 e. The van der Waals surface area contributed by atoms with Crippen LogP contribution in [0.15, 0.2) is 30.2 Å². The summed E-state index contributed by atoms with van der Waals surface area (Å²) in [7, 11) is 0. The van der Waals surface area contributed by atoms with Crippen molar-refractivity contribution in [2.45, 2.75) is 40.0 Å². The van der Waals surface area contributed by atoms with E-state index in [1.54, 1.807) is 0 Å². The molecule has 0 radical (unpaired) electrons. The third kappa shape index (κ3) is 1.83. The van der Waals surface area contributed by atoms with E-state index in [4.69, 9.17) is 4.74 Å². The summed E-state index contributed by atoms with van der Waals surface area (Å²) in [5.41, 5.74) is 3.58. The van der Waals surface area contributed by atoms with Crippen LogP contribution in [0.2, 0.25) is 0 Å². The fourth-order valence-corrected chi connectivity index (χ4v) is 2.48. The fourth-order valence-electron chi connectivity index (χ4n) is 2.48. The second kappa shape index (κ2) is 3.83. The molecule has 1 aromatic heterocycles. The molecule has 1 aromatic carbocycles. The molecule has 0 N–H and O–H groups in total. The topological polar surface area (TPSA) is 22.1 Å². The van der Waals surface area contributed by atoms with Crippen molar-refractivity contribution in [3.63, 3.8) is 0 Å². The van der Waals surface area contributed by atoms with Gasteiger partial charge in [0.05, 0.1) is 11.1 Å². The highest BCUT2D eigenvalue weighted by Crippen LogP contribution is 2.40. The highest BCUT2D eigenvalue weighted by atomic mass is 16.5. The van der Waals surface area contributed by atoms with Gasteiger partial charge >= 0.3 is 0 Å². The second-order valence-electron chi connectivity index (χ2n) is 6.27. The fraction of sp³-hybridized carbons (Fsp3) is 0.353. The van der Waals surface area contributed by atoms with E-state index < -0.39 is 0 Å². The first-order chi connectivity index (χ1) is 8.88. The Morgan fingerprint density at radius 2 is 1.84 bits per heavy atom. The van der Waals surface area contributed by atoms with Crippen molar-refractivity contribution >= 4 is 16.3 Å². The quantitative estimate of drug-likeness (QED) is 0.680. The Hall–Kier alpha value is -1.83. The Morgan fingerprint density at radius 3 is 2.53 bits per heavy atom. The highest BCUT2D eigenvalue weighted by molar-refractivity contribution is 5.98. The monoisotopic (exact) mass is 253 g/mol. The lowest BCUT2D eigenvalue weighted by Crippen LogP contribution is -2.12. The van der Waals surface area contributed by atoms with Crippen LogP contribution in [0.5, 0.6) is 5.75 Å². The third-order valence-electron chi connectivity index (χ3n) is 3.84. The van der Waals surface area contributed by atoms with Crippen molar-refractivity contribution in [2.24, 2.45) is 0 Å². The zero-order valence-electron chi connectivity index (χ0n) is 12.2. The summed E-state index contributed by atoms with van der Waals surface area (Å²) in [5, 5.41) is 2.35. The number of ether oxygens (including phenoxy) is 1. The molecule has 1 aliphatic rings. The summed E-state index contributed by atoms with van der Waals surface area (Å²) in [4.78, 5) is 4.52. The Morgan fingerprint density at radius 1 is 1.11 bits per heavy atom. The predicted octanol–water partition coefficient (Wildman–Crippen LogP) is 4.68. The van der Waals surface area contributed by atoms with Crippen LogP contribution in [-0.2, 0) is 5.41 Å². The summed E-state index contributed by atoms with van der Waals surface area (Å²) in [6.07, 6.45) is 1.88. The molecule has 0 aliphatic carbocycles. The largest absolute Gasteiger partial charge is 0.461 e. The van der Waals surface area contributed by atoms with Gasteiger partial charge in [0.25, 0.3) is 0 Å². The van der Waals surface area contributed by atoms with Crippen LogP contribution in [0.25, 0.3) is 16.3 Å². The Kier molecular flexibility index (Phi) is 2.46. The van der Waals surface area contributed by atoms with Gasteiger partial charge in [0.1, 0.15) is 11.5 Å². The molecule has 98 valence electrons. The lowest BCUT2D eigenvalue weighted by atomic mass is 9.85. The van der Waals surface area contributed by atoms with Crippen molar-refractivity contribution in [3.05, 3.63) is 41.4 Å². The molecule has 0 atom stereocenters. The molecule has 2 nitrogen and oxygen atoms in total. The van der Waals surface area contributed by atoms with Crippen LogP contribution in [0.4, 0.5) is 0 Å². The van der Waals surface area contributed by atoms with Gasteiger partial charge in [0, 0.05) is 11.8 Å². The summed E-state index contributed by atoms with van der Waals surface area (Å²) >= 11 is 0. The molecule has 0 saturated heterocycles. The number of benzene rings is 1. The highest BCUT2D eigenvalue weighted by Gasteiger charge is 2.22. The maximum absolute atomic E-state index is 5.99. The van der Waals surface area contributed by atoms with Gasteiger partial charge in [-0.1, -0.05) is 26.8 Å². The summed E-state index contributed by atoms with van der Waals surface area (Å²) in [5.74, 6) is 1.88. The van der Waals surface area contributed by atoms with E-state index in [-0.39, 0.29) is 5.41 Å². The molecule has 0 amide bonds. The number of rotatable bonds is 0. The standard InChI is InChI=1S/C17H19NO/c1-10-11(2)19-14-9-13(17(3,4)5)8-12-6-7-18-16(10)15(12)14/h6-9H,1-5H3. The minimum atomic E-state index is 0.113. The van der Waals surface area contributed by atoms with E-state index >= 15 is 0 Å². The van der Waals surface area contributed by atoms with Crippen LogP contribution < -0.4 is 4.74 Å². The minimum absolute atomic E-state index is 0.113. The molecule has 0 saturated carbocycles. The normalized spacial score (nSPS) is 14.8. The molecule has 19 heavy (non-hydrogen) atoms. The molecule has 0 spiro atoms. The van der Waals surface area contributed by atoms with E-state index in [1.165, 1.54) is 10.9 Å².